The Morgan fingerprint density at radius 1 is 0.984 bits per heavy atom. The maximum atomic E-state index is 13.3. The van der Waals surface area contributed by atoms with Gasteiger partial charge in [0.05, 0.1) is 32.2 Å². The molecule has 5 N–H and O–H groups in total. The van der Waals surface area contributed by atoms with Crippen molar-refractivity contribution in [2.75, 3.05) is 67.4 Å². The average molecular weight is 940 g/mol. The summed E-state index contributed by atoms with van der Waals surface area (Å²) in [5, 5.41) is 14.5. The Morgan fingerprint density at radius 2 is 1.78 bits per heavy atom. The molecule has 6 amide bonds. The number of benzene rings is 3. The highest BCUT2D eigenvalue weighted by Crippen LogP contribution is 2.37. The minimum atomic E-state index is -0.729. The van der Waals surface area contributed by atoms with Crippen molar-refractivity contribution < 1.29 is 38.2 Å². The summed E-state index contributed by atoms with van der Waals surface area (Å²) >= 11 is 3.49. The molecule has 3 aliphatic heterocycles. The second-order valence-electron chi connectivity index (χ2n) is 15.5. The number of carbonyl (C=O) groups is 6. The molecule has 0 aliphatic carbocycles. The lowest BCUT2D eigenvalue weighted by molar-refractivity contribution is -0.137. The Labute approximate surface area is 379 Å². The van der Waals surface area contributed by atoms with Gasteiger partial charge in [-0.25, -0.2) is 4.98 Å². The van der Waals surface area contributed by atoms with E-state index in [9.17, 15) is 28.8 Å². The highest BCUT2D eigenvalue weighted by atomic mass is 79.9. The van der Waals surface area contributed by atoms with Crippen LogP contribution in [-0.2, 0) is 37.0 Å². The maximum Gasteiger partial charge on any atom is 0.255 e. The molecule has 0 bridgehead atoms. The first kappa shape index (κ1) is 45.6. The highest BCUT2D eigenvalue weighted by molar-refractivity contribution is 9.10. The Balaban J connectivity index is 0.815. The third-order valence-corrected chi connectivity index (χ3v) is 11.8. The molecule has 1 unspecified atom stereocenters. The van der Waals surface area contributed by atoms with Gasteiger partial charge < -0.3 is 45.4 Å². The molecule has 0 spiro atoms. The minimum Gasteiger partial charge on any atom is -0.495 e. The van der Waals surface area contributed by atoms with Crippen LogP contribution < -0.4 is 41.1 Å². The number of anilines is 5. The van der Waals surface area contributed by atoms with Crippen molar-refractivity contribution in [2.24, 2.45) is 0 Å². The summed E-state index contributed by atoms with van der Waals surface area (Å²) in [6.07, 6.45) is 3.48. The number of aromatic nitrogens is 2. The number of likely N-dealkylation sites (N-methyl/N-ethyl adjacent to an activating group) is 1. The lowest BCUT2D eigenvalue weighted by Gasteiger charge is -2.40. The quantitative estimate of drug-likeness (QED) is 0.0657. The van der Waals surface area contributed by atoms with Gasteiger partial charge in [-0.2, -0.15) is 4.98 Å². The number of methoxy groups -OCH3 is 1. The SMILES string of the molecule is CC[C@@H]1C(=O)N(C)c2cnc(Nc3ccc(C(=O)NCCOCCNCCCC(=O)Nc4cccc5c4CN(C4CCC(=O)NC4=O)C5=O)cc3OC)nc2N1Cc1ccc(Br)cc1. The van der Waals surface area contributed by atoms with E-state index in [2.05, 4.69) is 47.5 Å². The van der Waals surface area contributed by atoms with Crippen LogP contribution in [0.4, 0.5) is 28.8 Å². The molecule has 4 heterocycles. The van der Waals surface area contributed by atoms with Gasteiger partial charge in [-0.15, -0.1) is 0 Å². The number of nitrogens with zero attached hydrogens (tertiary/aromatic N) is 5. The van der Waals surface area contributed by atoms with Crippen LogP contribution in [0.3, 0.4) is 0 Å². The van der Waals surface area contributed by atoms with Crippen LogP contribution >= 0.6 is 15.9 Å². The van der Waals surface area contributed by atoms with E-state index in [0.29, 0.717) is 97.0 Å². The molecule has 1 fully saturated rings. The fraction of sp³-hybridized carbons (Fsp3) is 0.378. The second-order valence-corrected chi connectivity index (χ2v) is 16.4. The number of ether oxygens (including phenoxy) is 2. The van der Waals surface area contributed by atoms with E-state index in [1.165, 1.54) is 12.0 Å². The van der Waals surface area contributed by atoms with Crippen LogP contribution in [-0.4, -0.2) is 109 Å². The fourth-order valence-electron chi connectivity index (χ4n) is 7.92. The molecule has 4 aromatic rings. The van der Waals surface area contributed by atoms with E-state index < -0.39 is 18.0 Å². The lowest BCUT2D eigenvalue weighted by atomic mass is 10.0. The maximum absolute atomic E-state index is 13.3. The summed E-state index contributed by atoms with van der Waals surface area (Å²) in [6.45, 7) is 4.76. The van der Waals surface area contributed by atoms with Crippen LogP contribution in [0, 0.1) is 0 Å². The monoisotopic (exact) mass is 938 g/mol. The third-order valence-electron chi connectivity index (χ3n) is 11.3. The highest BCUT2D eigenvalue weighted by Gasteiger charge is 2.40. The third kappa shape index (κ3) is 10.5. The summed E-state index contributed by atoms with van der Waals surface area (Å²) in [7, 11) is 3.25. The summed E-state index contributed by atoms with van der Waals surface area (Å²) in [5.74, 6) is -0.304. The van der Waals surface area contributed by atoms with Crippen LogP contribution in [0.5, 0.6) is 5.75 Å². The average Bonchev–Trinajstić information content (AvgIpc) is 3.63. The van der Waals surface area contributed by atoms with Crippen LogP contribution in [0.2, 0.25) is 0 Å². The molecule has 3 aromatic carbocycles. The van der Waals surface area contributed by atoms with Gasteiger partial charge in [0, 0.05) is 72.9 Å². The minimum absolute atomic E-state index is 0.0258. The first-order valence-electron chi connectivity index (χ1n) is 21.2. The summed E-state index contributed by atoms with van der Waals surface area (Å²) < 4.78 is 12.3. The zero-order valence-corrected chi connectivity index (χ0v) is 37.5. The van der Waals surface area contributed by atoms with Gasteiger partial charge in [0.1, 0.15) is 23.5 Å². The topological polar surface area (TPSA) is 217 Å². The summed E-state index contributed by atoms with van der Waals surface area (Å²) in [6, 6.07) is 17.0. The summed E-state index contributed by atoms with van der Waals surface area (Å²) in [5.41, 5.74) is 4.20. The molecular weight excluding hydrogens is 888 g/mol. The number of nitrogens with one attached hydrogen (secondary N) is 5. The molecule has 1 aromatic heterocycles. The van der Waals surface area contributed by atoms with Gasteiger partial charge in [0.15, 0.2) is 5.82 Å². The summed E-state index contributed by atoms with van der Waals surface area (Å²) in [4.78, 5) is 90.6. The number of hydrogen-bond acceptors (Lipinski definition) is 13. The van der Waals surface area contributed by atoms with Gasteiger partial charge in [-0.1, -0.05) is 41.1 Å². The normalized spacial score (nSPS) is 16.9. The molecule has 19 heteroatoms. The number of imide groups is 1. The van der Waals surface area contributed by atoms with E-state index >= 15 is 0 Å². The van der Waals surface area contributed by atoms with Gasteiger partial charge in [0.2, 0.25) is 29.6 Å². The van der Waals surface area contributed by atoms with Crippen molar-refractivity contribution in [1.29, 1.82) is 0 Å². The number of amides is 6. The van der Waals surface area contributed by atoms with Gasteiger partial charge in [-0.3, -0.25) is 34.1 Å². The van der Waals surface area contributed by atoms with Gasteiger partial charge in [0.25, 0.3) is 11.8 Å². The molecule has 18 nitrogen and oxygen atoms in total. The smallest absolute Gasteiger partial charge is 0.255 e. The molecular formula is C45H51BrN10O8. The van der Waals surface area contributed by atoms with Crippen LogP contribution in [0.25, 0.3) is 0 Å². The Hall–Kier alpha value is -6.44. The Morgan fingerprint density at radius 3 is 2.55 bits per heavy atom. The zero-order chi connectivity index (χ0) is 45.3. The first-order chi connectivity index (χ1) is 30.9. The number of carbonyl (C=O) groups excluding carboxylic acids is 6. The van der Waals surface area contributed by atoms with Crippen molar-refractivity contribution >= 4 is 80.2 Å². The zero-order valence-electron chi connectivity index (χ0n) is 35.9. The molecule has 7 rings (SSSR count). The van der Waals surface area contributed by atoms with Crippen molar-refractivity contribution in [3.05, 3.63) is 93.6 Å². The molecule has 2 atom stereocenters. The Bertz CT molecular complexity index is 2420. The number of piperidine rings is 1. The van der Waals surface area contributed by atoms with E-state index in [4.69, 9.17) is 14.5 Å². The number of hydrogen-bond donors (Lipinski definition) is 5. The van der Waals surface area contributed by atoms with E-state index in [0.717, 1.165) is 10.0 Å². The molecule has 336 valence electrons. The van der Waals surface area contributed by atoms with E-state index in [-0.39, 0.29) is 61.9 Å². The Kier molecular flexibility index (Phi) is 14.8. The van der Waals surface area contributed by atoms with Gasteiger partial charge in [-0.05, 0) is 73.8 Å². The van der Waals surface area contributed by atoms with E-state index in [1.807, 2.05) is 36.1 Å². The molecule has 3 aliphatic rings. The van der Waals surface area contributed by atoms with Crippen molar-refractivity contribution in [1.82, 2.24) is 30.8 Å². The first-order valence-corrected chi connectivity index (χ1v) is 22.0. The van der Waals surface area contributed by atoms with Crippen LogP contribution in [0.15, 0.2) is 71.3 Å². The molecule has 64 heavy (non-hydrogen) atoms. The predicted octanol–water partition coefficient (Wildman–Crippen LogP) is 4.27. The van der Waals surface area contributed by atoms with Crippen LogP contribution in [0.1, 0.15) is 70.9 Å². The van der Waals surface area contributed by atoms with Gasteiger partial charge >= 0.3 is 0 Å². The molecule has 0 saturated carbocycles. The fourth-order valence-corrected chi connectivity index (χ4v) is 8.18. The number of rotatable bonds is 19. The predicted molar refractivity (Wildman–Crippen MR) is 242 cm³/mol. The number of halogens is 1. The van der Waals surface area contributed by atoms with E-state index in [1.54, 1.807) is 54.5 Å². The molecule has 0 radical (unpaired) electrons. The molecule has 1 saturated heterocycles. The number of fused-ring (bicyclic) bond motifs is 2. The second kappa shape index (κ2) is 20.8. The van der Waals surface area contributed by atoms with Crippen molar-refractivity contribution in [3.63, 3.8) is 0 Å². The van der Waals surface area contributed by atoms with Crippen molar-refractivity contribution in [2.45, 2.75) is 64.2 Å². The lowest BCUT2D eigenvalue weighted by Crippen LogP contribution is -2.52. The van der Waals surface area contributed by atoms with Crippen molar-refractivity contribution in [3.8, 4) is 5.75 Å². The largest absolute Gasteiger partial charge is 0.495 e. The standard InChI is InChI=1S/C45H51BrN10O8/c1-4-34-44(62)54(2)36-24-49-45(53-40(36)55(34)25-27-10-13-29(46)14-11-27)51-33-15-12-28(23-37(33)63-3)41(59)48-20-22-64-21-19-47-18-6-9-38(57)50-32-8-5-7-30-31(32)26-56(43(30)61)35-16-17-39(58)52-42(35)60/h5,7-8,10-15,23-24,34-35,47H,4,6,9,16-22,25-26H2,1-3H3,(H,48,59)(H,50,57)(H,49,51,53)(H,52,58,60)/t34-,35?/m1/s1.